The van der Waals surface area contributed by atoms with Gasteiger partial charge in [-0.15, -0.1) is 27.8 Å². The van der Waals surface area contributed by atoms with Crippen LogP contribution in [-0.4, -0.2) is 51.4 Å². The zero-order chi connectivity index (χ0) is 31.4. The fourth-order valence-corrected chi connectivity index (χ4v) is 5.22. The van der Waals surface area contributed by atoms with Crippen molar-refractivity contribution in [2.24, 2.45) is 15.1 Å². The highest BCUT2D eigenvalue weighted by Crippen LogP contribution is 2.34. The molecule has 2 aliphatic heterocycles. The summed E-state index contributed by atoms with van der Waals surface area (Å²) in [6.45, 7) is 6.05. The summed E-state index contributed by atoms with van der Waals surface area (Å²) < 4.78 is 42.2. The van der Waals surface area contributed by atoms with Crippen LogP contribution < -0.4 is 15.0 Å². The maximum absolute atomic E-state index is 12.8. The Hall–Kier alpha value is -4.85. The third kappa shape index (κ3) is 7.56. The fourth-order valence-electron chi connectivity index (χ4n) is 4.36. The van der Waals surface area contributed by atoms with Crippen molar-refractivity contribution >= 4 is 58.5 Å². The second-order valence-electron chi connectivity index (χ2n) is 10.1. The summed E-state index contributed by atoms with van der Waals surface area (Å²) >= 11 is 1.22. The van der Waals surface area contributed by atoms with Crippen LogP contribution in [0.1, 0.15) is 36.5 Å². The highest BCUT2D eigenvalue weighted by atomic mass is 32.2. The van der Waals surface area contributed by atoms with Crippen LogP contribution in [0.25, 0.3) is 6.08 Å². The number of pyridine rings is 1. The van der Waals surface area contributed by atoms with Gasteiger partial charge in [0.15, 0.2) is 10.9 Å². The Morgan fingerprint density at radius 1 is 1.18 bits per heavy atom. The van der Waals surface area contributed by atoms with Gasteiger partial charge in [0.1, 0.15) is 6.20 Å². The normalized spacial score (nSPS) is 17.7. The van der Waals surface area contributed by atoms with E-state index in [9.17, 15) is 22.8 Å². The predicted octanol–water partition coefficient (Wildman–Crippen LogP) is 7.26. The highest BCUT2D eigenvalue weighted by Gasteiger charge is 2.33. The Morgan fingerprint density at radius 3 is 2.64 bits per heavy atom. The number of nitrogens with zero attached hydrogens (tertiary/aromatic N) is 6. The fraction of sp³-hybridized carbons (Fsp3) is 0.233. The molecule has 2 aliphatic rings. The molecule has 1 fully saturated rings. The number of amidine groups is 1. The number of carbonyl (C=O) groups excluding carboxylic acids is 2. The van der Waals surface area contributed by atoms with E-state index < -0.39 is 24.3 Å². The van der Waals surface area contributed by atoms with E-state index in [1.54, 1.807) is 36.4 Å². The van der Waals surface area contributed by atoms with Crippen LogP contribution in [0.3, 0.4) is 0 Å². The number of azo groups is 2. The van der Waals surface area contributed by atoms with Crippen LogP contribution in [0.2, 0.25) is 0 Å². The monoisotopic (exact) mass is 622 g/mol. The Labute approximate surface area is 255 Å². The van der Waals surface area contributed by atoms with Crippen molar-refractivity contribution < 1.29 is 32.2 Å². The summed E-state index contributed by atoms with van der Waals surface area (Å²) in [6.07, 6.45) is 0.544. The Bertz CT molecular complexity index is 1690. The molecule has 10 nitrogen and oxygen atoms in total. The third-order valence-electron chi connectivity index (χ3n) is 6.39. The minimum atomic E-state index is -4.80. The van der Waals surface area contributed by atoms with E-state index in [4.69, 9.17) is 0 Å². The number of hydrogen-bond acceptors (Lipinski definition) is 7. The Balaban J connectivity index is 1.20. The lowest BCUT2D eigenvalue weighted by Gasteiger charge is -2.22. The number of aliphatic imine (C=N–C) groups is 2. The molecule has 226 valence electrons. The van der Waals surface area contributed by atoms with Gasteiger partial charge in [-0.1, -0.05) is 61.1 Å². The van der Waals surface area contributed by atoms with Crippen molar-refractivity contribution in [1.29, 1.82) is 0 Å². The van der Waals surface area contributed by atoms with Gasteiger partial charge < -0.3 is 10.1 Å². The number of hydrogen-bond donors (Lipinski definition) is 1. The van der Waals surface area contributed by atoms with Gasteiger partial charge in [-0.3, -0.25) is 9.69 Å². The second-order valence-corrected chi connectivity index (χ2v) is 11.0. The molecule has 3 amide bonds. The number of benzene rings is 2. The minimum absolute atomic E-state index is 0.128. The van der Waals surface area contributed by atoms with Crippen molar-refractivity contribution in [3.8, 4) is 5.75 Å². The number of amides is 3. The molecule has 2 aromatic carbocycles. The molecular formula is C30H27F3N7O3S+. The molecule has 44 heavy (non-hydrogen) atoms. The summed E-state index contributed by atoms with van der Waals surface area (Å²) in [5, 5.41) is 7.40. The maximum atomic E-state index is 12.8. The number of ether oxygens (including phenoxy) is 1. The van der Waals surface area contributed by atoms with Crippen LogP contribution in [0.15, 0.2) is 82.0 Å². The molecular weight excluding hydrogens is 595 g/mol. The number of thioether (sulfide) groups is 1. The summed E-state index contributed by atoms with van der Waals surface area (Å²) in [6, 6.07) is 14.8. The first-order chi connectivity index (χ1) is 20.9. The average molecular weight is 623 g/mol. The van der Waals surface area contributed by atoms with Gasteiger partial charge in [-0.05, 0) is 59.9 Å². The predicted molar refractivity (Wildman–Crippen MR) is 163 cm³/mol. The molecule has 0 spiro atoms. The number of aryl methyl sites for hydroxylation is 1. The average Bonchev–Trinajstić information content (AvgIpc) is 3.58. The van der Waals surface area contributed by atoms with Gasteiger partial charge in [-0.2, -0.15) is 4.99 Å². The van der Waals surface area contributed by atoms with E-state index >= 15 is 0 Å². The third-order valence-corrected chi connectivity index (χ3v) is 7.32. The van der Waals surface area contributed by atoms with E-state index in [-0.39, 0.29) is 23.4 Å². The first-order valence-electron chi connectivity index (χ1n) is 13.4. The molecule has 1 saturated heterocycles. The molecule has 14 heteroatoms. The van der Waals surface area contributed by atoms with Gasteiger partial charge in [0.25, 0.3) is 12.0 Å². The molecule has 3 heterocycles. The number of halogens is 3. The zero-order valence-corrected chi connectivity index (χ0v) is 24.6. The SMILES string of the molecule is Cc1ccc(C(C)C)c(N2C(=O)CSC2=NC(=O)Nc2ccc(/C=C/C3N=C[N+](c4ccc(OC(F)(F)F)cn4)=N3)cc2)c1. The van der Waals surface area contributed by atoms with E-state index in [0.717, 1.165) is 34.6 Å². The summed E-state index contributed by atoms with van der Waals surface area (Å²) in [4.78, 5) is 39.5. The highest BCUT2D eigenvalue weighted by molar-refractivity contribution is 8.15. The summed E-state index contributed by atoms with van der Waals surface area (Å²) in [5.74, 6) is 0.104. The number of alkyl halides is 3. The molecule has 1 unspecified atom stereocenters. The topological polar surface area (TPSA) is 112 Å². The van der Waals surface area contributed by atoms with Crippen LogP contribution >= 0.6 is 11.8 Å². The Kier molecular flexibility index (Phi) is 8.90. The largest absolute Gasteiger partial charge is 0.573 e. The number of aromatic nitrogens is 1. The first-order valence-corrected chi connectivity index (χ1v) is 14.4. The molecule has 5 rings (SSSR count). The van der Waals surface area contributed by atoms with Gasteiger partial charge in [0.2, 0.25) is 12.2 Å². The molecule has 0 aliphatic carbocycles. The van der Waals surface area contributed by atoms with E-state index in [1.165, 1.54) is 33.8 Å². The molecule has 1 atom stereocenters. The van der Waals surface area contributed by atoms with E-state index in [0.29, 0.717) is 10.9 Å². The number of carbonyl (C=O) groups is 2. The lowest BCUT2D eigenvalue weighted by Crippen LogP contribution is -2.31. The lowest BCUT2D eigenvalue weighted by molar-refractivity contribution is -0.380. The van der Waals surface area contributed by atoms with Crippen LogP contribution in [0, 0.1) is 6.92 Å². The Morgan fingerprint density at radius 2 is 1.95 bits per heavy atom. The molecule has 3 aromatic rings. The van der Waals surface area contributed by atoms with Crippen molar-refractivity contribution in [3.63, 3.8) is 0 Å². The minimum Gasteiger partial charge on any atom is -0.403 e. The lowest BCUT2D eigenvalue weighted by atomic mass is 9.99. The number of anilines is 2. The van der Waals surface area contributed by atoms with Gasteiger partial charge in [-0.25, -0.2) is 4.79 Å². The number of urea groups is 1. The van der Waals surface area contributed by atoms with Crippen molar-refractivity contribution in [2.75, 3.05) is 16.0 Å². The number of nitrogens with one attached hydrogen (secondary N) is 1. The zero-order valence-electron chi connectivity index (χ0n) is 23.8. The maximum Gasteiger partial charge on any atom is 0.573 e. The van der Waals surface area contributed by atoms with Crippen molar-refractivity contribution in [3.05, 3.63) is 83.6 Å². The van der Waals surface area contributed by atoms with Crippen LogP contribution in [0.4, 0.5) is 35.2 Å². The molecule has 0 saturated carbocycles. The van der Waals surface area contributed by atoms with Crippen LogP contribution in [-0.2, 0) is 4.79 Å². The molecule has 1 N–H and O–H groups in total. The number of rotatable bonds is 7. The second kappa shape index (κ2) is 12.8. The molecule has 0 radical (unpaired) electrons. The quantitative estimate of drug-likeness (QED) is 0.279. The van der Waals surface area contributed by atoms with E-state index in [1.807, 2.05) is 25.1 Å². The van der Waals surface area contributed by atoms with Crippen molar-refractivity contribution in [2.45, 2.75) is 39.2 Å². The standard InChI is InChI=1S/C30H26F3N7O3S/c1-18(2)23-11-4-19(3)14-24(23)40-27(41)16-44-29(40)37-28(42)36-21-8-5-20(6-9-21)7-12-25-35-17-39(38-25)26-13-10-22(15-34-26)43-30(31,32)33/h4-15,17-18,25H,16H2,1-3H3/p+1/b12-7+,37-29?. The molecule has 0 bridgehead atoms. The first kappa shape index (κ1) is 30.6. The van der Waals surface area contributed by atoms with Gasteiger partial charge >= 0.3 is 12.4 Å². The summed E-state index contributed by atoms with van der Waals surface area (Å²) in [7, 11) is 0. The smallest absolute Gasteiger partial charge is 0.403 e. The van der Waals surface area contributed by atoms with E-state index in [2.05, 4.69) is 44.0 Å². The van der Waals surface area contributed by atoms with Gasteiger partial charge in [0.05, 0.1) is 11.4 Å². The molecule has 1 aromatic heterocycles. The van der Waals surface area contributed by atoms with Crippen molar-refractivity contribution in [1.82, 2.24) is 4.98 Å². The summed E-state index contributed by atoms with van der Waals surface area (Å²) in [5.41, 5.74) is 4.08. The van der Waals surface area contributed by atoms with Gasteiger partial charge in [0, 0.05) is 11.8 Å². The van der Waals surface area contributed by atoms with Crippen LogP contribution in [0.5, 0.6) is 5.75 Å².